The van der Waals surface area contributed by atoms with Gasteiger partial charge in [0.1, 0.15) is 11.6 Å². The van der Waals surface area contributed by atoms with Crippen LogP contribution in [-0.2, 0) is 5.41 Å². The number of hydrogen-bond acceptors (Lipinski definition) is 6. The van der Waals surface area contributed by atoms with Gasteiger partial charge >= 0.3 is 0 Å². The monoisotopic (exact) mass is 387 g/mol. The summed E-state index contributed by atoms with van der Waals surface area (Å²) in [5, 5.41) is 4.81. The molecule has 0 unspecified atom stereocenters. The summed E-state index contributed by atoms with van der Waals surface area (Å²) in [6, 6.07) is 12.1. The molecule has 0 N–H and O–H groups in total. The number of anilines is 2. The van der Waals surface area contributed by atoms with E-state index in [0.29, 0.717) is 0 Å². The van der Waals surface area contributed by atoms with Crippen LogP contribution in [-0.4, -0.2) is 50.7 Å². The van der Waals surface area contributed by atoms with Crippen molar-refractivity contribution in [2.75, 3.05) is 36.0 Å². The lowest BCUT2D eigenvalue weighted by molar-refractivity contribution is 0.572. The van der Waals surface area contributed by atoms with Crippen molar-refractivity contribution >= 4 is 28.3 Å². The summed E-state index contributed by atoms with van der Waals surface area (Å²) in [4.78, 5) is 18.7. The van der Waals surface area contributed by atoms with Crippen LogP contribution >= 0.6 is 0 Å². The third-order valence-corrected chi connectivity index (χ3v) is 5.44. The van der Waals surface area contributed by atoms with Crippen molar-refractivity contribution in [3.05, 3.63) is 54.5 Å². The highest BCUT2D eigenvalue weighted by atomic mass is 15.4. The lowest BCUT2D eigenvalue weighted by atomic mass is 9.93. The summed E-state index contributed by atoms with van der Waals surface area (Å²) in [5.41, 5.74) is 3.84. The molecule has 0 atom stereocenters. The van der Waals surface area contributed by atoms with E-state index in [1.807, 2.05) is 41.2 Å². The Labute approximate surface area is 170 Å². The van der Waals surface area contributed by atoms with E-state index in [4.69, 9.17) is 15.1 Å². The second-order valence-electron chi connectivity index (χ2n) is 8.56. The van der Waals surface area contributed by atoms with Gasteiger partial charge in [0.2, 0.25) is 0 Å². The van der Waals surface area contributed by atoms with Crippen molar-refractivity contribution in [1.82, 2.24) is 24.6 Å². The second kappa shape index (κ2) is 6.69. The molecule has 3 aromatic heterocycles. The average molecular weight is 387 g/mol. The highest BCUT2D eigenvalue weighted by Crippen LogP contribution is 2.23. The van der Waals surface area contributed by atoms with Crippen LogP contribution in [0.2, 0.25) is 0 Å². The maximum Gasteiger partial charge on any atom is 0.153 e. The van der Waals surface area contributed by atoms with Gasteiger partial charge in [-0.1, -0.05) is 32.9 Å². The van der Waals surface area contributed by atoms with E-state index in [2.05, 4.69) is 47.7 Å². The second-order valence-corrected chi connectivity index (χ2v) is 8.56. The number of para-hydroxylation sites is 2. The molecule has 0 aliphatic carbocycles. The Kier molecular flexibility index (Phi) is 4.12. The van der Waals surface area contributed by atoms with Crippen LogP contribution in [0.4, 0.5) is 11.6 Å². The van der Waals surface area contributed by atoms with E-state index >= 15 is 0 Å². The zero-order valence-electron chi connectivity index (χ0n) is 17.1. The zero-order valence-corrected chi connectivity index (χ0v) is 17.1. The molecule has 7 nitrogen and oxygen atoms in total. The first-order chi connectivity index (χ1) is 14.0. The van der Waals surface area contributed by atoms with E-state index in [1.54, 1.807) is 0 Å². The number of fused-ring (bicyclic) bond motifs is 2. The molecule has 148 valence electrons. The fraction of sp³-hybridized carbons (Fsp3) is 0.364. The third kappa shape index (κ3) is 3.37. The summed E-state index contributed by atoms with van der Waals surface area (Å²) >= 11 is 0. The van der Waals surface area contributed by atoms with E-state index in [1.165, 1.54) is 0 Å². The fourth-order valence-electron chi connectivity index (χ4n) is 3.67. The van der Waals surface area contributed by atoms with Gasteiger partial charge < -0.3 is 9.80 Å². The van der Waals surface area contributed by atoms with Crippen LogP contribution in [0.3, 0.4) is 0 Å². The molecule has 1 aliphatic rings. The molecule has 1 saturated heterocycles. The Balaban J connectivity index is 1.33. The summed E-state index contributed by atoms with van der Waals surface area (Å²) in [5.74, 6) is 1.93. The van der Waals surface area contributed by atoms with E-state index in [9.17, 15) is 0 Å². The minimum absolute atomic E-state index is 0.0143. The van der Waals surface area contributed by atoms with Crippen molar-refractivity contribution in [3.8, 4) is 0 Å². The minimum atomic E-state index is 0.0143. The largest absolute Gasteiger partial charge is 0.352 e. The van der Waals surface area contributed by atoms with Crippen molar-refractivity contribution in [2.45, 2.75) is 26.2 Å². The molecule has 7 heteroatoms. The number of hydrogen-bond donors (Lipinski definition) is 0. The lowest BCUT2D eigenvalue weighted by Gasteiger charge is -2.35. The highest BCUT2D eigenvalue weighted by Gasteiger charge is 2.21. The van der Waals surface area contributed by atoms with Crippen LogP contribution in [0.5, 0.6) is 0 Å². The van der Waals surface area contributed by atoms with Gasteiger partial charge in [-0.25, -0.2) is 14.5 Å². The van der Waals surface area contributed by atoms with E-state index in [0.717, 1.165) is 60.2 Å². The quantitative estimate of drug-likeness (QED) is 0.526. The topological polar surface area (TPSA) is 62.5 Å². The summed E-state index contributed by atoms with van der Waals surface area (Å²) in [7, 11) is 0. The van der Waals surface area contributed by atoms with Crippen LogP contribution in [0.15, 0.2) is 48.8 Å². The van der Waals surface area contributed by atoms with Crippen molar-refractivity contribution in [2.24, 2.45) is 0 Å². The molecule has 0 amide bonds. The molecule has 5 rings (SSSR count). The van der Waals surface area contributed by atoms with Crippen LogP contribution in [0.1, 0.15) is 26.5 Å². The number of nitrogens with zero attached hydrogens (tertiary/aromatic N) is 7. The average Bonchev–Trinajstić information content (AvgIpc) is 3.18. The molecule has 0 radical (unpaired) electrons. The lowest BCUT2D eigenvalue weighted by Crippen LogP contribution is -2.47. The Hall–Kier alpha value is -3.22. The molecule has 0 bridgehead atoms. The standard InChI is InChI=1S/C22H25N7/c1-22(2,3)18-15-29-19(25-18)8-9-20(26-29)27-10-12-28(13-11-27)21-14-23-16-6-4-5-7-17(16)24-21/h4-9,14-15H,10-13H2,1-3H3. The number of imidazole rings is 1. The predicted octanol–water partition coefficient (Wildman–Crippen LogP) is 3.30. The molecular formula is C22H25N7. The predicted molar refractivity (Wildman–Crippen MR) is 116 cm³/mol. The molecular weight excluding hydrogens is 362 g/mol. The van der Waals surface area contributed by atoms with Crippen LogP contribution in [0.25, 0.3) is 16.7 Å². The van der Waals surface area contributed by atoms with Gasteiger partial charge in [-0.2, -0.15) is 0 Å². The van der Waals surface area contributed by atoms with E-state index < -0.39 is 0 Å². The first-order valence-corrected chi connectivity index (χ1v) is 10.1. The fourth-order valence-corrected chi connectivity index (χ4v) is 3.67. The summed E-state index contributed by atoms with van der Waals surface area (Å²) in [6.07, 6.45) is 3.92. The molecule has 1 aliphatic heterocycles. The highest BCUT2D eigenvalue weighted by molar-refractivity contribution is 5.75. The number of piperazine rings is 1. The molecule has 1 aromatic carbocycles. The zero-order chi connectivity index (χ0) is 20.0. The third-order valence-electron chi connectivity index (χ3n) is 5.44. The molecule has 4 aromatic rings. The van der Waals surface area contributed by atoms with Crippen LogP contribution < -0.4 is 9.80 Å². The number of aromatic nitrogens is 5. The molecule has 0 saturated carbocycles. The maximum atomic E-state index is 4.81. The maximum absolute atomic E-state index is 4.81. The molecule has 0 spiro atoms. The van der Waals surface area contributed by atoms with Crippen molar-refractivity contribution in [3.63, 3.8) is 0 Å². The summed E-state index contributed by atoms with van der Waals surface area (Å²) in [6.45, 7) is 10.1. The minimum Gasteiger partial charge on any atom is -0.352 e. The molecule has 1 fully saturated rings. The van der Waals surface area contributed by atoms with Crippen LogP contribution in [0, 0.1) is 0 Å². The Morgan fingerprint density at radius 2 is 1.48 bits per heavy atom. The van der Waals surface area contributed by atoms with Gasteiger partial charge in [0.15, 0.2) is 5.65 Å². The number of rotatable bonds is 2. The summed E-state index contributed by atoms with van der Waals surface area (Å²) < 4.78 is 1.90. The first-order valence-electron chi connectivity index (χ1n) is 10.1. The van der Waals surface area contributed by atoms with E-state index in [-0.39, 0.29) is 5.41 Å². The first kappa shape index (κ1) is 17.8. The van der Waals surface area contributed by atoms with Crippen molar-refractivity contribution in [1.29, 1.82) is 0 Å². The normalized spacial score (nSPS) is 15.4. The van der Waals surface area contributed by atoms with Gasteiger partial charge in [-0.3, -0.25) is 4.98 Å². The number of benzene rings is 1. The van der Waals surface area contributed by atoms with Gasteiger partial charge in [0.05, 0.1) is 29.1 Å². The SMILES string of the molecule is CC(C)(C)c1cn2nc(N3CCN(c4cnc5ccccc5n4)CC3)ccc2n1. The molecule has 4 heterocycles. The van der Waals surface area contributed by atoms with Gasteiger partial charge in [0.25, 0.3) is 0 Å². The Morgan fingerprint density at radius 1 is 0.793 bits per heavy atom. The van der Waals surface area contributed by atoms with Gasteiger partial charge in [-0.05, 0) is 24.3 Å². The Morgan fingerprint density at radius 3 is 2.21 bits per heavy atom. The Bertz CT molecular complexity index is 1170. The van der Waals surface area contributed by atoms with Crippen molar-refractivity contribution < 1.29 is 0 Å². The smallest absolute Gasteiger partial charge is 0.153 e. The van der Waals surface area contributed by atoms with Gasteiger partial charge in [-0.15, -0.1) is 5.10 Å². The van der Waals surface area contributed by atoms with Gasteiger partial charge in [0, 0.05) is 31.6 Å². The molecule has 29 heavy (non-hydrogen) atoms.